The average Bonchev–Trinajstić information content (AvgIpc) is 2.89. The van der Waals surface area contributed by atoms with Gasteiger partial charge in [-0.2, -0.15) is 4.80 Å². The summed E-state index contributed by atoms with van der Waals surface area (Å²) in [5.41, 5.74) is 0. The van der Waals surface area contributed by atoms with Crippen molar-refractivity contribution in [3.63, 3.8) is 0 Å². The maximum atomic E-state index is 12.0. The van der Waals surface area contributed by atoms with Crippen molar-refractivity contribution in [2.45, 2.75) is 26.5 Å². The van der Waals surface area contributed by atoms with Gasteiger partial charge in [-0.15, -0.1) is 5.10 Å². The number of anilines is 1. The first-order valence-corrected chi connectivity index (χ1v) is 6.95. The van der Waals surface area contributed by atoms with Gasteiger partial charge in [-0.1, -0.05) is 28.3 Å². The normalized spacial score (nSPS) is 12.0. The topological polar surface area (TPSA) is 81.9 Å². The smallest absolute Gasteiger partial charge is 0.270 e. The van der Waals surface area contributed by atoms with Crippen LogP contribution in [0.15, 0.2) is 18.2 Å². The van der Waals surface area contributed by atoms with Crippen LogP contribution in [0.25, 0.3) is 0 Å². The van der Waals surface area contributed by atoms with Crippen molar-refractivity contribution in [1.82, 2.24) is 20.2 Å². The minimum absolute atomic E-state index is 0.125. The summed E-state index contributed by atoms with van der Waals surface area (Å²) in [6.45, 7) is 4.02. The molecule has 9 heteroatoms. The minimum atomic E-state index is -0.780. The van der Waals surface area contributed by atoms with Crippen LogP contribution >= 0.6 is 23.2 Å². The second-order valence-electron chi connectivity index (χ2n) is 4.13. The van der Waals surface area contributed by atoms with Gasteiger partial charge in [0, 0.05) is 5.02 Å². The van der Waals surface area contributed by atoms with E-state index in [-0.39, 0.29) is 5.95 Å². The molecule has 1 aromatic heterocycles. The number of nitrogens with one attached hydrogen (secondary N) is 1. The van der Waals surface area contributed by atoms with Crippen LogP contribution in [0.5, 0.6) is 5.75 Å². The summed E-state index contributed by atoms with van der Waals surface area (Å²) in [7, 11) is 0. The third-order valence-electron chi connectivity index (χ3n) is 2.54. The molecule has 0 bridgehead atoms. The Morgan fingerprint density at radius 3 is 2.86 bits per heavy atom. The molecule has 7 nitrogen and oxygen atoms in total. The van der Waals surface area contributed by atoms with Crippen LogP contribution in [-0.4, -0.2) is 32.2 Å². The monoisotopic (exact) mass is 329 g/mol. The molecule has 0 aliphatic heterocycles. The van der Waals surface area contributed by atoms with E-state index in [1.165, 1.54) is 10.9 Å². The summed E-state index contributed by atoms with van der Waals surface area (Å²) in [6.07, 6.45) is -0.780. The van der Waals surface area contributed by atoms with Gasteiger partial charge in [0.05, 0.1) is 11.6 Å². The number of benzene rings is 1. The third kappa shape index (κ3) is 4.05. The number of hydrogen-bond donors (Lipinski definition) is 1. The SMILES string of the molecule is CCn1nnc(NC(=O)[C@H](C)Oc2ccc(Cl)cc2Cl)n1. The molecule has 2 aromatic rings. The molecule has 1 amide bonds. The Bertz CT molecular complexity index is 646. The highest BCUT2D eigenvalue weighted by molar-refractivity contribution is 6.35. The van der Waals surface area contributed by atoms with Crippen LogP contribution in [0.1, 0.15) is 13.8 Å². The molecule has 2 rings (SSSR count). The summed E-state index contributed by atoms with van der Waals surface area (Å²) >= 11 is 11.8. The second kappa shape index (κ2) is 6.73. The number of halogens is 2. The van der Waals surface area contributed by atoms with E-state index in [4.69, 9.17) is 27.9 Å². The van der Waals surface area contributed by atoms with Crippen LogP contribution < -0.4 is 10.1 Å². The van der Waals surface area contributed by atoms with Crippen molar-refractivity contribution >= 4 is 35.1 Å². The number of hydrogen-bond acceptors (Lipinski definition) is 5. The number of ether oxygens (including phenoxy) is 1. The number of amides is 1. The molecule has 1 heterocycles. The molecule has 0 spiro atoms. The van der Waals surface area contributed by atoms with Crippen molar-refractivity contribution in [1.29, 1.82) is 0 Å². The van der Waals surface area contributed by atoms with Crippen molar-refractivity contribution in [3.8, 4) is 5.75 Å². The first-order valence-electron chi connectivity index (χ1n) is 6.20. The zero-order chi connectivity index (χ0) is 15.4. The van der Waals surface area contributed by atoms with E-state index in [1.54, 1.807) is 19.1 Å². The fourth-order valence-corrected chi connectivity index (χ4v) is 1.91. The summed E-state index contributed by atoms with van der Waals surface area (Å²) < 4.78 is 5.48. The highest BCUT2D eigenvalue weighted by Gasteiger charge is 2.18. The summed E-state index contributed by atoms with van der Waals surface area (Å²) in [6, 6.07) is 4.76. The third-order valence-corrected chi connectivity index (χ3v) is 3.07. The van der Waals surface area contributed by atoms with Gasteiger partial charge in [0.2, 0.25) is 0 Å². The van der Waals surface area contributed by atoms with Crippen LogP contribution in [0.3, 0.4) is 0 Å². The number of rotatable bonds is 5. The number of carbonyl (C=O) groups is 1. The maximum absolute atomic E-state index is 12.0. The molecule has 0 saturated carbocycles. The van der Waals surface area contributed by atoms with Gasteiger partial charge in [-0.3, -0.25) is 10.1 Å². The van der Waals surface area contributed by atoms with E-state index in [9.17, 15) is 4.79 Å². The van der Waals surface area contributed by atoms with Gasteiger partial charge >= 0.3 is 0 Å². The Balaban J connectivity index is 1.98. The molecular formula is C12H13Cl2N5O2. The van der Waals surface area contributed by atoms with E-state index < -0.39 is 12.0 Å². The molecule has 1 N–H and O–H groups in total. The lowest BCUT2D eigenvalue weighted by Crippen LogP contribution is -2.30. The Kier molecular flexibility index (Phi) is 4.98. The van der Waals surface area contributed by atoms with Crippen molar-refractivity contribution in [2.75, 3.05) is 5.32 Å². The van der Waals surface area contributed by atoms with E-state index in [2.05, 4.69) is 20.7 Å². The van der Waals surface area contributed by atoms with Gasteiger partial charge in [0.25, 0.3) is 11.9 Å². The molecule has 0 radical (unpaired) electrons. The highest BCUT2D eigenvalue weighted by atomic mass is 35.5. The lowest BCUT2D eigenvalue weighted by molar-refractivity contribution is -0.122. The van der Waals surface area contributed by atoms with Gasteiger partial charge in [-0.25, -0.2) is 0 Å². The summed E-state index contributed by atoms with van der Waals surface area (Å²) in [5.74, 6) is 0.0880. The molecule has 0 aliphatic carbocycles. The van der Waals surface area contributed by atoms with Gasteiger partial charge in [-0.05, 0) is 37.3 Å². The lowest BCUT2D eigenvalue weighted by atomic mass is 10.3. The number of carbonyl (C=O) groups excluding carboxylic acids is 1. The van der Waals surface area contributed by atoms with Crippen LogP contribution in [0.4, 0.5) is 5.95 Å². The van der Waals surface area contributed by atoms with Crippen molar-refractivity contribution in [3.05, 3.63) is 28.2 Å². The Labute approximate surface area is 131 Å². The predicted molar refractivity (Wildman–Crippen MR) is 78.7 cm³/mol. The number of aromatic nitrogens is 4. The number of tetrazole rings is 1. The number of aryl methyl sites for hydroxylation is 1. The van der Waals surface area contributed by atoms with E-state index >= 15 is 0 Å². The Hall–Kier alpha value is -1.86. The van der Waals surface area contributed by atoms with E-state index in [0.717, 1.165) is 0 Å². The molecule has 112 valence electrons. The predicted octanol–water partition coefficient (Wildman–Crippen LogP) is 2.41. The standard InChI is InChI=1S/C12H13Cl2N5O2/c1-3-19-17-12(16-18-19)15-11(20)7(2)21-10-5-4-8(13)6-9(10)14/h4-7H,3H2,1-2H3,(H,15,17,20)/t7-/m0/s1. The minimum Gasteiger partial charge on any atom is -0.479 e. The molecule has 0 fully saturated rings. The van der Waals surface area contributed by atoms with Crippen LogP contribution in [-0.2, 0) is 11.3 Å². The lowest BCUT2D eigenvalue weighted by Gasteiger charge is -2.14. The van der Waals surface area contributed by atoms with Gasteiger partial charge in [0.1, 0.15) is 5.75 Å². The van der Waals surface area contributed by atoms with E-state index in [1.807, 2.05) is 6.92 Å². The highest BCUT2D eigenvalue weighted by Crippen LogP contribution is 2.28. The van der Waals surface area contributed by atoms with Crippen molar-refractivity contribution < 1.29 is 9.53 Å². The van der Waals surface area contributed by atoms with Gasteiger partial charge < -0.3 is 4.74 Å². The number of nitrogens with zero attached hydrogens (tertiary/aromatic N) is 4. The Morgan fingerprint density at radius 2 is 2.24 bits per heavy atom. The van der Waals surface area contributed by atoms with Crippen LogP contribution in [0.2, 0.25) is 10.0 Å². The molecule has 0 saturated heterocycles. The maximum Gasteiger partial charge on any atom is 0.270 e. The molecule has 0 aliphatic rings. The summed E-state index contributed by atoms with van der Waals surface area (Å²) in [5, 5.41) is 14.7. The van der Waals surface area contributed by atoms with Crippen molar-refractivity contribution in [2.24, 2.45) is 0 Å². The largest absolute Gasteiger partial charge is 0.479 e. The zero-order valence-corrected chi connectivity index (χ0v) is 12.9. The van der Waals surface area contributed by atoms with Gasteiger partial charge in [0.15, 0.2) is 6.10 Å². The first kappa shape index (κ1) is 15.5. The van der Waals surface area contributed by atoms with Crippen LogP contribution in [0, 0.1) is 0 Å². The quantitative estimate of drug-likeness (QED) is 0.910. The molecule has 0 unspecified atom stereocenters. The molecule has 1 atom stereocenters. The molecule has 1 aromatic carbocycles. The Morgan fingerprint density at radius 1 is 1.48 bits per heavy atom. The average molecular weight is 330 g/mol. The summed E-state index contributed by atoms with van der Waals surface area (Å²) in [4.78, 5) is 13.3. The zero-order valence-electron chi connectivity index (χ0n) is 11.4. The molecular weight excluding hydrogens is 317 g/mol. The van der Waals surface area contributed by atoms with E-state index in [0.29, 0.717) is 22.3 Å². The molecule has 21 heavy (non-hydrogen) atoms. The fourth-order valence-electron chi connectivity index (χ4n) is 1.45. The first-order chi connectivity index (χ1) is 9.99. The fraction of sp³-hybridized carbons (Fsp3) is 0.333. The second-order valence-corrected chi connectivity index (χ2v) is 4.97.